The van der Waals surface area contributed by atoms with Gasteiger partial charge in [0.1, 0.15) is 5.82 Å². The Hall–Kier alpha value is -1.91. The number of rotatable bonds is 3. The Morgan fingerprint density at radius 1 is 1.47 bits per heavy atom. The Morgan fingerprint density at radius 2 is 2.33 bits per heavy atom. The second kappa shape index (κ2) is 4.08. The first-order valence-corrected chi connectivity index (χ1v) is 4.84. The lowest BCUT2D eigenvalue weighted by molar-refractivity contribution is 0.422. The zero-order chi connectivity index (χ0) is 10.7. The van der Waals surface area contributed by atoms with Gasteiger partial charge in [0.15, 0.2) is 5.82 Å². The van der Waals surface area contributed by atoms with Crippen molar-refractivity contribution in [1.29, 1.82) is 0 Å². The number of hydrogen-bond acceptors (Lipinski definition) is 5. The Morgan fingerprint density at radius 3 is 3.07 bits per heavy atom. The molecule has 0 atom stereocenters. The third-order valence-electron chi connectivity index (χ3n) is 1.97. The van der Waals surface area contributed by atoms with Crippen molar-refractivity contribution in [3.63, 3.8) is 0 Å². The lowest BCUT2D eigenvalue weighted by Gasteiger charge is -1.94. The van der Waals surface area contributed by atoms with Crippen LogP contribution >= 0.6 is 0 Å². The van der Waals surface area contributed by atoms with Crippen LogP contribution in [0.3, 0.4) is 0 Å². The highest BCUT2D eigenvalue weighted by molar-refractivity contribution is 5.56. The molecule has 0 fully saturated rings. The van der Waals surface area contributed by atoms with Crippen molar-refractivity contribution in [3.8, 4) is 11.5 Å². The lowest BCUT2D eigenvalue weighted by atomic mass is 10.2. The molecule has 0 aliphatic carbocycles. The van der Waals surface area contributed by atoms with Crippen molar-refractivity contribution in [3.05, 3.63) is 24.2 Å². The minimum atomic E-state index is 0.447. The average Bonchev–Trinajstić information content (AvgIpc) is 2.67. The number of nitrogens with zero attached hydrogens (tertiary/aromatic N) is 3. The monoisotopic (exact) mass is 204 g/mol. The standard InChI is InChI=1S/C10H12N4O/c1-2-3-9-13-10(15-14-9)7-4-5-12-8(11)6-7/h4-6H,2-3H2,1H3,(H2,11,12). The molecule has 2 heterocycles. The second-order valence-electron chi connectivity index (χ2n) is 3.24. The highest BCUT2D eigenvalue weighted by Crippen LogP contribution is 2.18. The number of anilines is 1. The molecule has 15 heavy (non-hydrogen) atoms. The van der Waals surface area contributed by atoms with Gasteiger partial charge in [0.2, 0.25) is 0 Å². The van der Waals surface area contributed by atoms with Crippen LogP contribution in [0.2, 0.25) is 0 Å². The predicted octanol–water partition coefficient (Wildman–Crippen LogP) is 1.67. The van der Waals surface area contributed by atoms with Gasteiger partial charge in [0.25, 0.3) is 5.89 Å². The molecule has 0 aliphatic rings. The highest BCUT2D eigenvalue weighted by Gasteiger charge is 2.08. The van der Waals surface area contributed by atoms with Crippen LogP contribution in [-0.4, -0.2) is 15.1 Å². The first-order chi connectivity index (χ1) is 7.29. The van der Waals surface area contributed by atoms with E-state index in [1.54, 1.807) is 18.3 Å². The summed E-state index contributed by atoms with van der Waals surface area (Å²) in [7, 11) is 0. The van der Waals surface area contributed by atoms with Crippen LogP contribution in [0.15, 0.2) is 22.9 Å². The van der Waals surface area contributed by atoms with Gasteiger partial charge in [-0.3, -0.25) is 0 Å². The zero-order valence-electron chi connectivity index (χ0n) is 8.47. The van der Waals surface area contributed by atoms with Crippen molar-refractivity contribution in [1.82, 2.24) is 15.1 Å². The molecule has 0 aromatic carbocycles. The van der Waals surface area contributed by atoms with E-state index < -0.39 is 0 Å². The molecule has 0 saturated carbocycles. The molecule has 0 saturated heterocycles. The van der Waals surface area contributed by atoms with Crippen molar-refractivity contribution in [2.24, 2.45) is 0 Å². The van der Waals surface area contributed by atoms with Gasteiger partial charge in [-0.05, 0) is 18.6 Å². The summed E-state index contributed by atoms with van der Waals surface area (Å²) in [5.41, 5.74) is 6.36. The molecule has 0 unspecified atom stereocenters. The maximum atomic E-state index is 5.56. The summed E-state index contributed by atoms with van der Waals surface area (Å²) in [5, 5.41) is 3.86. The van der Waals surface area contributed by atoms with Crippen LogP contribution in [0.5, 0.6) is 0 Å². The molecule has 78 valence electrons. The van der Waals surface area contributed by atoms with E-state index in [0.29, 0.717) is 11.7 Å². The molecule has 2 aromatic rings. The van der Waals surface area contributed by atoms with Crippen LogP contribution in [0, 0.1) is 0 Å². The Kier molecular flexibility index (Phi) is 2.62. The summed E-state index contributed by atoms with van der Waals surface area (Å²) < 4.78 is 5.11. The first-order valence-electron chi connectivity index (χ1n) is 4.84. The summed E-state index contributed by atoms with van der Waals surface area (Å²) in [6.45, 7) is 2.07. The van der Waals surface area contributed by atoms with Crippen molar-refractivity contribution >= 4 is 5.82 Å². The van der Waals surface area contributed by atoms with Crippen LogP contribution in [0.1, 0.15) is 19.2 Å². The number of nitrogen functional groups attached to an aromatic ring is 1. The summed E-state index contributed by atoms with van der Waals surface area (Å²) >= 11 is 0. The van der Waals surface area contributed by atoms with E-state index in [1.165, 1.54) is 0 Å². The molecule has 2 rings (SSSR count). The molecule has 2 aromatic heterocycles. The van der Waals surface area contributed by atoms with E-state index in [2.05, 4.69) is 22.0 Å². The van der Waals surface area contributed by atoms with Crippen LogP contribution in [-0.2, 0) is 6.42 Å². The van der Waals surface area contributed by atoms with Gasteiger partial charge in [-0.15, -0.1) is 0 Å². The SMILES string of the molecule is CCCc1noc(-c2ccnc(N)c2)n1. The average molecular weight is 204 g/mol. The Labute approximate surface area is 87.3 Å². The van der Waals surface area contributed by atoms with Gasteiger partial charge in [0.05, 0.1) is 0 Å². The second-order valence-corrected chi connectivity index (χ2v) is 3.24. The number of aromatic nitrogens is 3. The molecule has 0 bridgehead atoms. The van der Waals surface area contributed by atoms with E-state index in [0.717, 1.165) is 24.2 Å². The minimum absolute atomic E-state index is 0.447. The normalized spacial score (nSPS) is 10.5. The molecule has 5 heteroatoms. The van der Waals surface area contributed by atoms with Gasteiger partial charge < -0.3 is 10.3 Å². The molecule has 0 amide bonds. The van der Waals surface area contributed by atoms with Crippen molar-refractivity contribution in [2.45, 2.75) is 19.8 Å². The van der Waals surface area contributed by atoms with Crippen molar-refractivity contribution < 1.29 is 4.52 Å². The first kappa shape index (κ1) is 9.64. The summed E-state index contributed by atoms with van der Waals surface area (Å²) in [6, 6.07) is 3.50. The Bertz CT molecular complexity index is 452. The Balaban J connectivity index is 2.29. The van der Waals surface area contributed by atoms with Gasteiger partial charge in [0, 0.05) is 18.2 Å². The molecule has 0 spiro atoms. The summed E-state index contributed by atoms with van der Waals surface area (Å²) in [5.74, 6) is 1.66. The van der Waals surface area contributed by atoms with Gasteiger partial charge in [-0.25, -0.2) is 4.98 Å². The number of nitrogens with two attached hydrogens (primary N) is 1. The topological polar surface area (TPSA) is 77.8 Å². The van der Waals surface area contributed by atoms with E-state index >= 15 is 0 Å². The quantitative estimate of drug-likeness (QED) is 0.822. The largest absolute Gasteiger partial charge is 0.384 e. The minimum Gasteiger partial charge on any atom is -0.384 e. The maximum absolute atomic E-state index is 5.56. The summed E-state index contributed by atoms with van der Waals surface area (Å²) in [6.07, 6.45) is 3.44. The number of pyridine rings is 1. The molecular weight excluding hydrogens is 192 g/mol. The highest BCUT2D eigenvalue weighted by atomic mass is 16.5. The van der Waals surface area contributed by atoms with E-state index in [9.17, 15) is 0 Å². The van der Waals surface area contributed by atoms with E-state index in [4.69, 9.17) is 10.3 Å². The number of aryl methyl sites for hydroxylation is 1. The molecule has 2 N–H and O–H groups in total. The van der Waals surface area contributed by atoms with Gasteiger partial charge in [-0.2, -0.15) is 4.98 Å². The predicted molar refractivity (Wildman–Crippen MR) is 55.9 cm³/mol. The third-order valence-corrected chi connectivity index (χ3v) is 1.97. The van der Waals surface area contributed by atoms with Crippen LogP contribution in [0.25, 0.3) is 11.5 Å². The summed E-state index contributed by atoms with van der Waals surface area (Å²) in [4.78, 5) is 8.15. The van der Waals surface area contributed by atoms with Crippen LogP contribution < -0.4 is 5.73 Å². The fourth-order valence-electron chi connectivity index (χ4n) is 1.28. The fraction of sp³-hybridized carbons (Fsp3) is 0.300. The maximum Gasteiger partial charge on any atom is 0.258 e. The molecular formula is C10H12N4O. The zero-order valence-corrected chi connectivity index (χ0v) is 8.47. The third kappa shape index (κ3) is 2.12. The number of hydrogen-bond donors (Lipinski definition) is 1. The van der Waals surface area contributed by atoms with Gasteiger partial charge >= 0.3 is 0 Å². The smallest absolute Gasteiger partial charge is 0.258 e. The van der Waals surface area contributed by atoms with Crippen molar-refractivity contribution in [2.75, 3.05) is 5.73 Å². The molecule has 0 radical (unpaired) electrons. The van der Waals surface area contributed by atoms with E-state index in [-0.39, 0.29) is 0 Å². The van der Waals surface area contributed by atoms with Gasteiger partial charge in [-0.1, -0.05) is 12.1 Å². The fourth-order valence-corrected chi connectivity index (χ4v) is 1.28. The molecule has 0 aliphatic heterocycles. The lowest BCUT2D eigenvalue weighted by Crippen LogP contribution is -1.90. The van der Waals surface area contributed by atoms with E-state index in [1.807, 2.05) is 0 Å². The van der Waals surface area contributed by atoms with Crippen LogP contribution in [0.4, 0.5) is 5.82 Å². The molecule has 5 nitrogen and oxygen atoms in total.